The summed E-state index contributed by atoms with van der Waals surface area (Å²) in [6, 6.07) is 11.5. The van der Waals surface area contributed by atoms with Crippen LogP contribution >= 0.6 is 11.6 Å². The van der Waals surface area contributed by atoms with Crippen LogP contribution in [0.2, 0.25) is 5.15 Å². The number of rotatable bonds is 5. The van der Waals surface area contributed by atoms with Gasteiger partial charge in [0.15, 0.2) is 5.15 Å². The van der Waals surface area contributed by atoms with Crippen molar-refractivity contribution in [3.05, 3.63) is 85.0 Å². The lowest BCUT2D eigenvalue weighted by atomic mass is 10.0. The molecular formula is C22H14ClN5O3S. The molecule has 0 unspecified atom stereocenters. The molecule has 0 bridgehead atoms. The van der Waals surface area contributed by atoms with Gasteiger partial charge in [0.25, 0.3) is 10.0 Å². The number of fused-ring (bicyclic) bond motifs is 1. The van der Waals surface area contributed by atoms with Gasteiger partial charge < -0.3 is 4.42 Å². The Morgan fingerprint density at radius 2 is 1.62 bits per heavy atom. The zero-order valence-corrected chi connectivity index (χ0v) is 17.9. The average molecular weight is 464 g/mol. The number of pyridine rings is 2. The molecule has 0 aliphatic heterocycles. The molecule has 1 N–H and O–H groups in total. The zero-order chi connectivity index (χ0) is 22.1. The fraction of sp³-hybridized carbons (Fsp3) is 0. The number of hydrogen-bond donors (Lipinski definition) is 1. The highest BCUT2D eigenvalue weighted by Gasteiger charge is 2.18. The summed E-state index contributed by atoms with van der Waals surface area (Å²) in [4.78, 5) is 16.7. The van der Waals surface area contributed by atoms with Crippen molar-refractivity contribution in [1.29, 1.82) is 0 Å². The minimum atomic E-state index is -3.83. The smallest absolute Gasteiger partial charge is 0.261 e. The Morgan fingerprint density at radius 3 is 2.41 bits per heavy atom. The van der Waals surface area contributed by atoms with Crippen LogP contribution in [0.25, 0.3) is 33.4 Å². The number of anilines is 1. The van der Waals surface area contributed by atoms with Crippen molar-refractivity contribution in [3.63, 3.8) is 0 Å². The van der Waals surface area contributed by atoms with Crippen LogP contribution in [0, 0.1) is 0 Å². The van der Waals surface area contributed by atoms with Crippen LogP contribution in [0.15, 0.2) is 89.2 Å². The quantitative estimate of drug-likeness (QED) is 0.372. The highest BCUT2D eigenvalue weighted by Crippen LogP contribution is 2.35. The zero-order valence-electron chi connectivity index (χ0n) is 16.3. The fourth-order valence-electron chi connectivity index (χ4n) is 3.22. The summed E-state index contributed by atoms with van der Waals surface area (Å²) in [5.74, 6) is 0. The topological polar surface area (TPSA) is 111 Å². The second kappa shape index (κ2) is 8.03. The molecule has 158 valence electrons. The van der Waals surface area contributed by atoms with Crippen LogP contribution in [0.3, 0.4) is 0 Å². The van der Waals surface area contributed by atoms with E-state index in [1.54, 1.807) is 55.3 Å². The molecule has 0 fully saturated rings. The highest BCUT2D eigenvalue weighted by atomic mass is 35.5. The average Bonchev–Trinajstić information content (AvgIpc) is 3.25. The summed E-state index contributed by atoms with van der Waals surface area (Å²) in [6.45, 7) is 0. The molecule has 5 aromatic rings. The number of halogens is 1. The molecule has 4 heterocycles. The first-order valence-electron chi connectivity index (χ1n) is 9.38. The molecule has 0 atom stereocenters. The van der Waals surface area contributed by atoms with Crippen molar-refractivity contribution in [1.82, 2.24) is 19.9 Å². The minimum absolute atomic E-state index is 0.0290. The van der Waals surface area contributed by atoms with Gasteiger partial charge in [-0.2, -0.15) is 0 Å². The Hall–Kier alpha value is -3.82. The second-order valence-electron chi connectivity index (χ2n) is 6.83. The van der Waals surface area contributed by atoms with Crippen molar-refractivity contribution >= 4 is 38.4 Å². The predicted molar refractivity (Wildman–Crippen MR) is 121 cm³/mol. The molecule has 0 amide bonds. The Balaban J connectivity index is 1.56. The number of aromatic nitrogens is 4. The van der Waals surface area contributed by atoms with E-state index in [9.17, 15) is 8.42 Å². The van der Waals surface area contributed by atoms with Crippen molar-refractivity contribution in [2.24, 2.45) is 0 Å². The van der Waals surface area contributed by atoms with Gasteiger partial charge in [0.1, 0.15) is 12.6 Å². The maximum absolute atomic E-state index is 12.7. The van der Waals surface area contributed by atoms with Gasteiger partial charge in [0.2, 0.25) is 5.71 Å². The number of nitrogens with one attached hydrogen (secondary N) is 1. The molecule has 0 spiro atoms. The summed E-state index contributed by atoms with van der Waals surface area (Å²) in [5, 5.41) is 0.758. The monoisotopic (exact) mass is 463 g/mol. The van der Waals surface area contributed by atoms with E-state index in [2.05, 4.69) is 24.7 Å². The van der Waals surface area contributed by atoms with E-state index in [1.165, 1.54) is 18.5 Å². The molecule has 10 heteroatoms. The van der Waals surface area contributed by atoms with E-state index >= 15 is 0 Å². The van der Waals surface area contributed by atoms with Crippen LogP contribution in [0.1, 0.15) is 0 Å². The second-order valence-corrected chi connectivity index (χ2v) is 8.87. The van der Waals surface area contributed by atoms with Crippen molar-refractivity contribution in [3.8, 4) is 22.3 Å². The standard InChI is InChI=1S/C22H14ClN5O3S/c23-21-20(28-32(29,30)17-4-2-1-3-5-17)7-15(11-26-21)19-12-31-22-18(19)6-14(10-27-22)16-8-24-13-25-9-16/h1-13,28H. The Bertz CT molecular complexity index is 1520. The number of furan rings is 1. The predicted octanol–water partition coefficient (Wildman–Crippen LogP) is 4.80. The summed E-state index contributed by atoms with van der Waals surface area (Å²) in [7, 11) is -3.83. The maximum Gasteiger partial charge on any atom is 0.261 e. The van der Waals surface area contributed by atoms with E-state index in [-0.39, 0.29) is 15.7 Å². The first-order valence-corrected chi connectivity index (χ1v) is 11.2. The van der Waals surface area contributed by atoms with Gasteiger partial charge in [-0.1, -0.05) is 29.8 Å². The molecule has 0 aliphatic carbocycles. The number of benzene rings is 1. The molecule has 8 nitrogen and oxygen atoms in total. The Kier molecular flexibility index (Phi) is 5.04. The highest BCUT2D eigenvalue weighted by molar-refractivity contribution is 7.92. The Morgan fingerprint density at radius 1 is 0.875 bits per heavy atom. The van der Waals surface area contributed by atoms with Gasteiger partial charge in [-0.25, -0.2) is 28.4 Å². The molecule has 0 aliphatic rings. The molecule has 0 radical (unpaired) electrons. The minimum Gasteiger partial charge on any atom is -0.445 e. The third kappa shape index (κ3) is 3.79. The van der Waals surface area contributed by atoms with Gasteiger partial charge in [0.05, 0.1) is 10.6 Å². The summed E-state index contributed by atoms with van der Waals surface area (Å²) >= 11 is 6.19. The van der Waals surface area contributed by atoms with Gasteiger partial charge >= 0.3 is 0 Å². The van der Waals surface area contributed by atoms with E-state index in [1.807, 2.05) is 6.07 Å². The normalized spacial score (nSPS) is 11.5. The lowest BCUT2D eigenvalue weighted by molar-refractivity contribution is 0.601. The first kappa shape index (κ1) is 20.1. The summed E-state index contributed by atoms with van der Waals surface area (Å²) in [6.07, 6.45) is 9.60. The van der Waals surface area contributed by atoms with Gasteiger partial charge in [0, 0.05) is 52.4 Å². The Labute approximate surface area is 188 Å². The van der Waals surface area contributed by atoms with Crippen molar-refractivity contribution in [2.45, 2.75) is 4.90 Å². The van der Waals surface area contributed by atoms with Crippen LogP contribution in [-0.4, -0.2) is 28.4 Å². The van der Waals surface area contributed by atoms with E-state index in [0.717, 1.165) is 16.5 Å². The van der Waals surface area contributed by atoms with E-state index in [4.69, 9.17) is 16.0 Å². The third-order valence-corrected chi connectivity index (χ3v) is 6.45. The van der Waals surface area contributed by atoms with Gasteiger partial charge in [-0.05, 0) is 24.3 Å². The largest absolute Gasteiger partial charge is 0.445 e. The van der Waals surface area contributed by atoms with Crippen LogP contribution in [-0.2, 0) is 10.0 Å². The van der Waals surface area contributed by atoms with Crippen LogP contribution in [0.4, 0.5) is 5.69 Å². The lowest BCUT2D eigenvalue weighted by Crippen LogP contribution is -2.13. The lowest BCUT2D eigenvalue weighted by Gasteiger charge is -2.10. The number of hydrogen-bond acceptors (Lipinski definition) is 7. The number of sulfonamides is 1. The molecule has 32 heavy (non-hydrogen) atoms. The maximum atomic E-state index is 12.7. The van der Waals surface area contributed by atoms with Crippen molar-refractivity contribution < 1.29 is 12.8 Å². The molecule has 0 saturated heterocycles. The molecule has 0 saturated carbocycles. The van der Waals surface area contributed by atoms with Crippen molar-refractivity contribution in [2.75, 3.05) is 4.72 Å². The van der Waals surface area contributed by atoms with E-state index in [0.29, 0.717) is 16.8 Å². The molecule has 4 aromatic heterocycles. The van der Waals surface area contributed by atoms with Crippen LogP contribution in [0.5, 0.6) is 0 Å². The molecule has 1 aromatic carbocycles. The number of nitrogens with zero attached hydrogens (tertiary/aromatic N) is 4. The first-order chi connectivity index (χ1) is 15.5. The SMILES string of the molecule is O=S(=O)(Nc1cc(-c2coc3ncc(-c4cncnc4)cc23)cnc1Cl)c1ccccc1. The van der Waals surface area contributed by atoms with Gasteiger partial charge in [-0.15, -0.1) is 0 Å². The molecular weight excluding hydrogens is 450 g/mol. The van der Waals surface area contributed by atoms with E-state index < -0.39 is 10.0 Å². The summed E-state index contributed by atoms with van der Waals surface area (Å²) in [5.41, 5.74) is 3.51. The van der Waals surface area contributed by atoms with Crippen LogP contribution < -0.4 is 4.72 Å². The van der Waals surface area contributed by atoms with Gasteiger partial charge in [-0.3, -0.25) is 4.72 Å². The molecule has 5 rings (SSSR count). The third-order valence-electron chi connectivity index (χ3n) is 4.77. The fourth-order valence-corrected chi connectivity index (χ4v) is 4.50. The summed E-state index contributed by atoms with van der Waals surface area (Å²) < 4.78 is 33.6.